The SMILES string of the molecule is CCN(CC(=O)N1CCc2sccc2[C@H]1COc1cccc(F)c1)C(=O)c1ccccc1F. The number of halogens is 2. The fourth-order valence-corrected chi connectivity index (χ4v) is 4.92. The van der Waals surface area contributed by atoms with Crippen LogP contribution in [0.1, 0.15) is 33.8 Å². The molecule has 8 heteroatoms. The normalized spacial score (nSPS) is 15.1. The Hall–Kier alpha value is -3.26. The maximum Gasteiger partial charge on any atom is 0.257 e. The van der Waals surface area contributed by atoms with Crippen molar-refractivity contribution in [3.63, 3.8) is 0 Å². The van der Waals surface area contributed by atoms with E-state index in [9.17, 15) is 18.4 Å². The summed E-state index contributed by atoms with van der Waals surface area (Å²) in [5.74, 6) is -1.40. The van der Waals surface area contributed by atoms with Gasteiger partial charge in [0.15, 0.2) is 0 Å². The first kappa shape index (κ1) is 22.9. The van der Waals surface area contributed by atoms with Gasteiger partial charge in [-0.25, -0.2) is 8.78 Å². The summed E-state index contributed by atoms with van der Waals surface area (Å²) in [6.45, 7) is 2.49. The standard InChI is InChI=1S/C25H24F2N2O3S/c1-2-28(25(31)19-8-3-4-9-21(19)27)15-24(30)29-12-10-23-20(11-13-33-23)22(29)16-32-18-7-5-6-17(26)14-18/h3-9,11,13-14,22H,2,10,12,15-16H2,1H3/t22-/m1/s1. The zero-order valence-electron chi connectivity index (χ0n) is 18.2. The van der Waals surface area contributed by atoms with Crippen molar-refractivity contribution in [3.8, 4) is 5.75 Å². The number of carbonyl (C=O) groups excluding carboxylic acids is 2. The molecular formula is C25H24F2N2O3S. The van der Waals surface area contributed by atoms with Gasteiger partial charge < -0.3 is 14.5 Å². The molecule has 0 saturated carbocycles. The summed E-state index contributed by atoms with van der Waals surface area (Å²) in [5, 5.41) is 1.98. The monoisotopic (exact) mass is 470 g/mol. The molecule has 1 aliphatic rings. The lowest BCUT2D eigenvalue weighted by atomic mass is 10.0. The van der Waals surface area contributed by atoms with E-state index in [4.69, 9.17) is 4.74 Å². The number of hydrogen-bond acceptors (Lipinski definition) is 4. The predicted molar refractivity (Wildman–Crippen MR) is 122 cm³/mol. The van der Waals surface area contributed by atoms with Crippen molar-refractivity contribution >= 4 is 23.2 Å². The summed E-state index contributed by atoms with van der Waals surface area (Å²) in [6, 6.07) is 13.2. The van der Waals surface area contributed by atoms with E-state index in [1.165, 1.54) is 40.1 Å². The molecule has 1 atom stereocenters. The van der Waals surface area contributed by atoms with Crippen molar-refractivity contribution in [1.82, 2.24) is 9.80 Å². The van der Waals surface area contributed by atoms with Gasteiger partial charge in [-0.2, -0.15) is 0 Å². The minimum Gasteiger partial charge on any atom is -0.491 e. The zero-order valence-corrected chi connectivity index (χ0v) is 19.0. The summed E-state index contributed by atoms with van der Waals surface area (Å²) in [5.41, 5.74) is 0.941. The molecule has 5 nitrogen and oxygen atoms in total. The highest BCUT2D eigenvalue weighted by molar-refractivity contribution is 7.10. The van der Waals surface area contributed by atoms with Crippen LogP contribution in [0, 0.1) is 11.6 Å². The number of fused-ring (bicyclic) bond motifs is 1. The molecule has 33 heavy (non-hydrogen) atoms. The molecule has 0 aliphatic carbocycles. The van der Waals surface area contributed by atoms with Gasteiger partial charge in [-0.15, -0.1) is 11.3 Å². The molecule has 0 spiro atoms. The highest BCUT2D eigenvalue weighted by Gasteiger charge is 2.33. The van der Waals surface area contributed by atoms with Crippen molar-refractivity contribution in [1.29, 1.82) is 0 Å². The minimum absolute atomic E-state index is 0.0584. The Labute approximate surface area is 195 Å². The highest BCUT2D eigenvalue weighted by Crippen LogP contribution is 2.34. The molecule has 2 amide bonds. The molecule has 0 N–H and O–H groups in total. The van der Waals surface area contributed by atoms with Crippen LogP contribution >= 0.6 is 11.3 Å². The highest BCUT2D eigenvalue weighted by atomic mass is 32.1. The molecule has 172 valence electrons. The number of amides is 2. The molecule has 2 aromatic carbocycles. The van der Waals surface area contributed by atoms with Crippen LogP contribution in [0.5, 0.6) is 5.75 Å². The van der Waals surface area contributed by atoms with Gasteiger partial charge in [0, 0.05) is 24.0 Å². The molecule has 4 rings (SSSR count). The summed E-state index contributed by atoms with van der Waals surface area (Å²) < 4.78 is 33.5. The van der Waals surface area contributed by atoms with E-state index in [-0.39, 0.29) is 37.2 Å². The smallest absolute Gasteiger partial charge is 0.257 e. The maximum atomic E-state index is 14.1. The molecule has 0 radical (unpaired) electrons. The Balaban J connectivity index is 1.52. The minimum atomic E-state index is -0.615. The lowest BCUT2D eigenvalue weighted by molar-refractivity contribution is -0.135. The molecular weight excluding hydrogens is 446 g/mol. The van der Waals surface area contributed by atoms with E-state index in [1.807, 2.05) is 11.4 Å². The van der Waals surface area contributed by atoms with Crippen molar-refractivity contribution < 1.29 is 23.1 Å². The summed E-state index contributed by atoms with van der Waals surface area (Å²) in [6.07, 6.45) is 0.711. The Bertz CT molecular complexity index is 1150. The Kier molecular flexibility index (Phi) is 7.03. The number of ether oxygens (including phenoxy) is 1. The van der Waals surface area contributed by atoms with E-state index >= 15 is 0 Å². The number of thiophene rings is 1. The fourth-order valence-electron chi connectivity index (χ4n) is 3.99. The Morgan fingerprint density at radius 1 is 1.15 bits per heavy atom. The zero-order chi connectivity index (χ0) is 23.4. The van der Waals surface area contributed by atoms with Crippen molar-refractivity contribution in [3.05, 3.63) is 87.6 Å². The fraction of sp³-hybridized carbons (Fsp3) is 0.280. The third-order valence-corrected chi connectivity index (χ3v) is 6.71. The largest absolute Gasteiger partial charge is 0.491 e. The second-order valence-corrected chi connectivity index (χ2v) is 8.72. The van der Waals surface area contributed by atoms with Gasteiger partial charge in [0.25, 0.3) is 5.91 Å². The number of likely N-dealkylation sites (N-methyl/N-ethyl adjacent to an activating group) is 1. The van der Waals surface area contributed by atoms with E-state index in [0.29, 0.717) is 18.7 Å². The van der Waals surface area contributed by atoms with Crippen LogP contribution in [0.4, 0.5) is 8.78 Å². The van der Waals surface area contributed by atoms with Crippen molar-refractivity contribution in [2.75, 3.05) is 26.2 Å². The molecule has 3 aromatic rings. The average molecular weight is 471 g/mol. The van der Waals surface area contributed by atoms with Crippen LogP contribution < -0.4 is 4.74 Å². The Morgan fingerprint density at radius 2 is 1.97 bits per heavy atom. The number of benzene rings is 2. The molecule has 0 saturated heterocycles. The Morgan fingerprint density at radius 3 is 2.73 bits per heavy atom. The first-order chi connectivity index (χ1) is 16.0. The molecule has 2 heterocycles. The molecule has 1 aromatic heterocycles. The van der Waals surface area contributed by atoms with Crippen molar-refractivity contribution in [2.45, 2.75) is 19.4 Å². The topological polar surface area (TPSA) is 49.9 Å². The van der Waals surface area contributed by atoms with Crippen LogP contribution in [-0.2, 0) is 11.2 Å². The molecule has 0 fully saturated rings. The summed E-state index contributed by atoms with van der Waals surface area (Å²) >= 11 is 1.63. The average Bonchev–Trinajstić information content (AvgIpc) is 3.30. The quantitative estimate of drug-likeness (QED) is 0.503. The van der Waals surface area contributed by atoms with E-state index in [1.54, 1.807) is 41.4 Å². The van der Waals surface area contributed by atoms with Gasteiger partial charge in [-0.05, 0) is 54.6 Å². The van der Waals surface area contributed by atoms with Gasteiger partial charge >= 0.3 is 0 Å². The van der Waals surface area contributed by atoms with Gasteiger partial charge in [0.2, 0.25) is 5.91 Å². The van der Waals surface area contributed by atoms with Gasteiger partial charge in [0.1, 0.15) is 30.5 Å². The predicted octanol–water partition coefficient (Wildman–Crippen LogP) is 4.69. The van der Waals surface area contributed by atoms with Crippen molar-refractivity contribution in [2.24, 2.45) is 0 Å². The first-order valence-electron chi connectivity index (χ1n) is 10.8. The van der Waals surface area contributed by atoms with Crippen LogP contribution in [0.15, 0.2) is 60.0 Å². The van der Waals surface area contributed by atoms with Gasteiger partial charge in [-0.3, -0.25) is 9.59 Å². The summed E-state index contributed by atoms with van der Waals surface area (Å²) in [4.78, 5) is 30.4. The van der Waals surface area contributed by atoms with Crippen LogP contribution in [0.2, 0.25) is 0 Å². The van der Waals surface area contributed by atoms with Gasteiger partial charge in [0.05, 0.1) is 11.6 Å². The summed E-state index contributed by atoms with van der Waals surface area (Å²) in [7, 11) is 0. The van der Waals surface area contributed by atoms with E-state index in [0.717, 1.165) is 5.56 Å². The lowest BCUT2D eigenvalue weighted by Crippen LogP contribution is -2.47. The van der Waals surface area contributed by atoms with E-state index in [2.05, 4.69) is 0 Å². The second-order valence-electron chi connectivity index (χ2n) is 7.72. The van der Waals surface area contributed by atoms with Crippen LogP contribution in [0.3, 0.4) is 0 Å². The number of nitrogens with zero attached hydrogens (tertiary/aromatic N) is 2. The molecule has 1 aliphatic heterocycles. The maximum absolute atomic E-state index is 14.1. The van der Waals surface area contributed by atoms with Gasteiger partial charge in [-0.1, -0.05) is 18.2 Å². The number of rotatable bonds is 7. The molecule has 0 bridgehead atoms. The number of hydrogen-bond donors (Lipinski definition) is 0. The van der Waals surface area contributed by atoms with E-state index < -0.39 is 17.5 Å². The third-order valence-electron chi connectivity index (χ3n) is 5.72. The molecule has 0 unspecified atom stereocenters. The van der Waals surface area contributed by atoms with Crippen LogP contribution in [0.25, 0.3) is 0 Å². The first-order valence-corrected chi connectivity index (χ1v) is 11.6. The third kappa shape index (κ3) is 5.06. The number of carbonyl (C=O) groups is 2. The lowest BCUT2D eigenvalue weighted by Gasteiger charge is -2.37. The second kappa shape index (κ2) is 10.1. The van der Waals surface area contributed by atoms with Crippen LogP contribution in [-0.4, -0.2) is 47.9 Å².